The molecule has 0 unspecified atom stereocenters. The van der Waals surface area contributed by atoms with Gasteiger partial charge in [0.25, 0.3) is 15.9 Å². The van der Waals surface area contributed by atoms with E-state index in [-0.39, 0.29) is 4.90 Å². The number of rotatable bonds is 4. The Bertz CT molecular complexity index is 1180. The third-order valence-electron chi connectivity index (χ3n) is 4.61. The van der Waals surface area contributed by atoms with Crippen LogP contribution in [0, 0.1) is 6.92 Å². The summed E-state index contributed by atoms with van der Waals surface area (Å²) < 4.78 is 50.7. The topological polar surface area (TPSA) is 113 Å². The first-order valence-corrected chi connectivity index (χ1v) is 11.3. The third-order valence-corrected chi connectivity index (χ3v) is 7.21. The summed E-state index contributed by atoms with van der Waals surface area (Å²) in [5.41, 5.74) is 1.60. The van der Waals surface area contributed by atoms with Crippen LogP contribution in [-0.2, 0) is 27.8 Å². The van der Waals surface area contributed by atoms with Crippen molar-refractivity contribution in [3.05, 3.63) is 34.5 Å². The summed E-state index contributed by atoms with van der Waals surface area (Å²) in [6.45, 7) is 3.51. The number of fused-ring (bicyclic) bond motifs is 2. The zero-order valence-corrected chi connectivity index (χ0v) is 17.1. The number of hydrogen-bond donors (Lipinski definition) is 1. The van der Waals surface area contributed by atoms with E-state index in [0.717, 1.165) is 10.4 Å². The normalized spacial score (nSPS) is 15.8. The molecule has 152 valence electrons. The zero-order valence-electron chi connectivity index (χ0n) is 15.4. The summed E-state index contributed by atoms with van der Waals surface area (Å²) in [5.74, 6) is 1.71. The van der Waals surface area contributed by atoms with Gasteiger partial charge in [-0.3, -0.25) is 4.72 Å². The van der Waals surface area contributed by atoms with Crippen molar-refractivity contribution in [3.8, 4) is 23.0 Å². The Kier molecular flexibility index (Phi) is 4.45. The molecule has 2 aliphatic rings. The lowest BCUT2D eigenvalue weighted by Gasteiger charge is -2.19. The van der Waals surface area contributed by atoms with Gasteiger partial charge in [0.15, 0.2) is 17.3 Å². The van der Waals surface area contributed by atoms with Crippen LogP contribution in [0.25, 0.3) is 11.5 Å². The Morgan fingerprint density at radius 3 is 2.76 bits per heavy atom. The van der Waals surface area contributed by atoms with Gasteiger partial charge in [-0.2, -0.15) is 4.98 Å². The van der Waals surface area contributed by atoms with Crippen LogP contribution in [-0.4, -0.2) is 38.4 Å². The van der Waals surface area contributed by atoms with E-state index >= 15 is 0 Å². The van der Waals surface area contributed by atoms with Crippen molar-refractivity contribution in [2.24, 2.45) is 0 Å². The second kappa shape index (κ2) is 7.01. The molecule has 5 rings (SSSR count). The first-order chi connectivity index (χ1) is 14.0. The van der Waals surface area contributed by atoms with Crippen molar-refractivity contribution in [2.45, 2.75) is 24.8 Å². The van der Waals surface area contributed by atoms with Gasteiger partial charge in [-0.05, 0) is 31.0 Å². The van der Waals surface area contributed by atoms with Gasteiger partial charge >= 0.3 is 0 Å². The standard InChI is InChI=1S/C18H17N3O6S2/c1-10-19-17(27-20-10)16-12-4-5-24-9-15(12)28-18(16)21-29(22,23)11-2-3-13-14(8-11)26-7-6-25-13/h2-3,8,21H,4-7,9H2,1H3. The summed E-state index contributed by atoms with van der Waals surface area (Å²) in [4.78, 5) is 5.33. The monoisotopic (exact) mass is 435 g/mol. The van der Waals surface area contributed by atoms with Gasteiger partial charge in [0.1, 0.15) is 18.2 Å². The van der Waals surface area contributed by atoms with Crippen molar-refractivity contribution in [1.82, 2.24) is 10.1 Å². The van der Waals surface area contributed by atoms with E-state index in [1.165, 1.54) is 23.5 Å². The molecule has 29 heavy (non-hydrogen) atoms. The molecule has 0 saturated heterocycles. The van der Waals surface area contributed by atoms with Gasteiger partial charge in [0, 0.05) is 10.9 Å². The van der Waals surface area contributed by atoms with E-state index in [9.17, 15) is 8.42 Å². The number of benzene rings is 1. The van der Waals surface area contributed by atoms with Crippen LogP contribution < -0.4 is 14.2 Å². The molecule has 2 aromatic heterocycles. The fourth-order valence-corrected chi connectivity index (χ4v) is 5.80. The number of aryl methyl sites for hydroxylation is 1. The molecule has 0 aliphatic carbocycles. The Hall–Kier alpha value is -2.63. The largest absolute Gasteiger partial charge is 0.486 e. The van der Waals surface area contributed by atoms with Crippen molar-refractivity contribution in [1.29, 1.82) is 0 Å². The molecule has 3 aromatic rings. The lowest BCUT2D eigenvalue weighted by atomic mass is 10.1. The van der Waals surface area contributed by atoms with Gasteiger partial charge in [-0.15, -0.1) is 11.3 Å². The number of nitrogens with one attached hydrogen (secondary N) is 1. The molecular weight excluding hydrogens is 418 g/mol. The van der Waals surface area contributed by atoms with Gasteiger partial charge < -0.3 is 18.7 Å². The van der Waals surface area contributed by atoms with Gasteiger partial charge in [0.05, 0.1) is 23.7 Å². The minimum absolute atomic E-state index is 0.0806. The molecule has 0 radical (unpaired) electrons. The minimum Gasteiger partial charge on any atom is -0.486 e. The van der Waals surface area contributed by atoms with E-state index < -0.39 is 10.0 Å². The summed E-state index contributed by atoms with van der Waals surface area (Å²) in [5, 5.41) is 4.27. The average molecular weight is 435 g/mol. The maximum Gasteiger partial charge on any atom is 0.262 e. The number of anilines is 1. The van der Waals surface area contributed by atoms with Crippen molar-refractivity contribution < 1.29 is 27.2 Å². The Morgan fingerprint density at radius 1 is 1.14 bits per heavy atom. The van der Waals surface area contributed by atoms with E-state index in [1.54, 1.807) is 13.0 Å². The summed E-state index contributed by atoms with van der Waals surface area (Å²) >= 11 is 1.32. The minimum atomic E-state index is -3.88. The molecule has 11 heteroatoms. The Morgan fingerprint density at radius 2 is 1.97 bits per heavy atom. The molecule has 0 saturated carbocycles. The number of nitrogens with zero attached hydrogens (tertiary/aromatic N) is 2. The van der Waals surface area contributed by atoms with E-state index in [1.807, 2.05) is 0 Å². The number of ether oxygens (including phenoxy) is 3. The second-order valence-electron chi connectivity index (χ2n) is 6.57. The molecular formula is C18H17N3O6S2. The molecule has 1 N–H and O–H groups in total. The van der Waals surface area contributed by atoms with Crippen molar-refractivity contribution >= 4 is 26.4 Å². The lowest BCUT2D eigenvalue weighted by molar-refractivity contribution is 0.113. The summed E-state index contributed by atoms with van der Waals surface area (Å²) in [7, 11) is -3.88. The second-order valence-corrected chi connectivity index (χ2v) is 9.36. The maximum atomic E-state index is 13.1. The molecule has 0 bridgehead atoms. The highest BCUT2D eigenvalue weighted by molar-refractivity contribution is 7.93. The van der Waals surface area contributed by atoms with E-state index in [0.29, 0.717) is 66.6 Å². The van der Waals surface area contributed by atoms with Crippen LogP contribution in [0.2, 0.25) is 0 Å². The highest BCUT2D eigenvalue weighted by atomic mass is 32.2. The summed E-state index contributed by atoms with van der Waals surface area (Å²) in [6, 6.07) is 4.55. The number of hydrogen-bond acceptors (Lipinski definition) is 9. The lowest BCUT2D eigenvalue weighted by Crippen LogP contribution is -2.17. The Balaban J connectivity index is 1.55. The molecule has 0 atom stereocenters. The van der Waals surface area contributed by atoms with Crippen molar-refractivity contribution in [2.75, 3.05) is 24.5 Å². The van der Waals surface area contributed by atoms with Crippen LogP contribution in [0.4, 0.5) is 5.00 Å². The molecule has 0 fully saturated rings. The molecule has 0 spiro atoms. The van der Waals surface area contributed by atoms with Crippen LogP contribution in [0.1, 0.15) is 16.3 Å². The molecule has 0 amide bonds. The fraction of sp³-hybridized carbons (Fsp3) is 0.333. The maximum absolute atomic E-state index is 13.1. The van der Waals surface area contributed by atoms with E-state index in [2.05, 4.69) is 14.9 Å². The SMILES string of the molecule is Cc1noc(-c2c(NS(=O)(=O)c3ccc4c(c3)OCCO4)sc3c2CCOC3)n1. The van der Waals surface area contributed by atoms with Crippen LogP contribution in [0.15, 0.2) is 27.6 Å². The Labute approximate surface area is 170 Å². The first kappa shape index (κ1) is 18.4. The quantitative estimate of drug-likeness (QED) is 0.666. The van der Waals surface area contributed by atoms with Crippen LogP contribution >= 0.6 is 11.3 Å². The predicted octanol–water partition coefficient (Wildman–Crippen LogP) is 2.75. The molecule has 1 aromatic carbocycles. The summed E-state index contributed by atoms with van der Waals surface area (Å²) in [6.07, 6.45) is 0.647. The van der Waals surface area contributed by atoms with Gasteiger partial charge in [-0.1, -0.05) is 5.16 Å². The molecule has 9 nitrogen and oxygen atoms in total. The first-order valence-electron chi connectivity index (χ1n) is 8.97. The van der Waals surface area contributed by atoms with Crippen molar-refractivity contribution in [3.63, 3.8) is 0 Å². The number of aromatic nitrogens is 2. The average Bonchev–Trinajstić information content (AvgIpc) is 3.29. The number of thiophene rings is 1. The van der Waals surface area contributed by atoms with E-state index in [4.69, 9.17) is 18.7 Å². The van der Waals surface area contributed by atoms with Gasteiger partial charge in [-0.25, -0.2) is 8.42 Å². The predicted molar refractivity (Wildman–Crippen MR) is 104 cm³/mol. The highest BCUT2D eigenvalue weighted by Crippen LogP contribution is 2.43. The van der Waals surface area contributed by atoms with Gasteiger partial charge in [0.2, 0.25) is 0 Å². The molecule has 4 heterocycles. The highest BCUT2D eigenvalue weighted by Gasteiger charge is 2.29. The fourth-order valence-electron chi connectivity index (χ4n) is 3.30. The zero-order chi connectivity index (χ0) is 20.0. The smallest absolute Gasteiger partial charge is 0.262 e. The van der Waals surface area contributed by atoms with Crippen LogP contribution in [0.3, 0.4) is 0 Å². The van der Waals surface area contributed by atoms with Crippen LogP contribution in [0.5, 0.6) is 11.5 Å². The number of sulfonamides is 1. The molecule has 2 aliphatic heterocycles. The third kappa shape index (κ3) is 3.34.